The molecule has 0 fully saturated rings. The van der Waals surface area contributed by atoms with E-state index < -0.39 is 12.0 Å². The lowest BCUT2D eigenvalue weighted by atomic mass is 10.1. The molecule has 1 atom stereocenters. The summed E-state index contributed by atoms with van der Waals surface area (Å²) in [5.41, 5.74) is 1.67. The molecule has 0 saturated heterocycles. The minimum atomic E-state index is -0.745. The summed E-state index contributed by atoms with van der Waals surface area (Å²) in [6.07, 6.45) is 3.34. The standard InChI is InChI=1S/C20H20ClNO3/c1-2-25-20(24)18(14-15-8-4-3-5-9-15)22-19(23)13-12-16-10-6-7-11-17(16)21/h3-13,18H,2,14H2,1H3,(H,22,23)/b13-12+. The Labute approximate surface area is 152 Å². The van der Waals surface area contributed by atoms with Gasteiger partial charge in [-0.05, 0) is 30.2 Å². The first kappa shape index (κ1) is 18.7. The van der Waals surface area contributed by atoms with Crippen molar-refractivity contribution in [3.05, 3.63) is 76.8 Å². The average molecular weight is 358 g/mol. The molecule has 5 heteroatoms. The maximum Gasteiger partial charge on any atom is 0.328 e. The first-order valence-electron chi connectivity index (χ1n) is 8.04. The predicted molar refractivity (Wildman–Crippen MR) is 99.2 cm³/mol. The SMILES string of the molecule is CCOC(=O)C(Cc1ccccc1)NC(=O)/C=C/c1ccccc1Cl. The number of halogens is 1. The summed E-state index contributed by atoms with van der Waals surface area (Å²) in [6, 6.07) is 15.9. The van der Waals surface area contributed by atoms with Crippen LogP contribution >= 0.6 is 11.6 Å². The van der Waals surface area contributed by atoms with Gasteiger partial charge in [0.25, 0.3) is 0 Å². The minimum Gasteiger partial charge on any atom is -0.464 e. The highest BCUT2D eigenvalue weighted by molar-refractivity contribution is 6.32. The van der Waals surface area contributed by atoms with Crippen LogP contribution in [0.5, 0.6) is 0 Å². The normalized spacial score (nSPS) is 11.9. The quantitative estimate of drug-likeness (QED) is 0.608. The molecule has 1 N–H and O–H groups in total. The van der Waals surface area contributed by atoms with E-state index in [9.17, 15) is 9.59 Å². The molecule has 1 amide bonds. The Morgan fingerprint density at radius 2 is 1.80 bits per heavy atom. The molecular formula is C20H20ClNO3. The van der Waals surface area contributed by atoms with Crippen LogP contribution < -0.4 is 5.32 Å². The molecule has 2 aromatic rings. The monoisotopic (exact) mass is 357 g/mol. The molecular weight excluding hydrogens is 338 g/mol. The van der Waals surface area contributed by atoms with Crippen LogP contribution in [0.25, 0.3) is 6.08 Å². The van der Waals surface area contributed by atoms with Gasteiger partial charge in [-0.3, -0.25) is 4.79 Å². The summed E-state index contributed by atoms with van der Waals surface area (Å²) in [4.78, 5) is 24.3. The van der Waals surface area contributed by atoms with E-state index >= 15 is 0 Å². The van der Waals surface area contributed by atoms with Crippen LogP contribution in [-0.4, -0.2) is 24.5 Å². The summed E-state index contributed by atoms with van der Waals surface area (Å²) in [6.45, 7) is 1.99. The van der Waals surface area contributed by atoms with Gasteiger partial charge in [0.15, 0.2) is 0 Å². The molecule has 0 saturated carbocycles. The number of rotatable bonds is 7. The molecule has 0 radical (unpaired) electrons. The number of hydrogen-bond acceptors (Lipinski definition) is 3. The number of amides is 1. The Morgan fingerprint density at radius 3 is 2.48 bits per heavy atom. The van der Waals surface area contributed by atoms with E-state index in [1.54, 1.807) is 25.1 Å². The molecule has 4 nitrogen and oxygen atoms in total. The fourth-order valence-electron chi connectivity index (χ4n) is 2.28. The lowest BCUT2D eigenvalue weighted by Crippen LogP contribution is -2.42. The van der Waals surface area contributed by atoms with Crippen LogP contribution in [0.1, 0.15) is 18.1 Å². The third-order valence-electron chi connectivity index (χ3n) is 3.49. The van der Waals surface area contributed by atoms with Gasteiger partial charge in [0.2, 0.25) is 5.91 Å². The van der Waals surface area contributed by atoms with E-state index in [2.05, 4.69) is 5.32 Å². The summed E-state index contributed by atoms with van der Waals surface area (Å²) < 4.78 is 5.06. The van der Waals surface area contributed by atoms with E-state index in [4.69, 9.17) is 16.3 Å². The molecule has 130 valence electrons. The zero-order chi connectivity index (χ0) is 18.1. The Morgan fingerprint density at radius 1 is 1.12 bits per heavy atom. The smallest absolute Gasteiger partial charge is 0.328 e. The Kier molecular flexibility index (Phi) is 7.23. The van der Waals surface area contributed by atoms with Crippen molar-refractivity contribution < 1.29 is 14.3 Å². The molecule has 0 aliphatic rings. The number of nitrogens with one attached hydrogen (secondary N) is 1. The van der Waals surface area contributed by atoms with Crippen molar-refractivity contribution in [2.45, 2.75) is 19.4 Å². The number of carbonyl (C=O) groups excluding carboxylic acids is 2. The van der Waals surface area contributed by atoms with E-state index in [-0.39, 0.29) is 12.5 Å². The van der Waals surface area contributed by atoms with Crippen molar-refractivity contribution in [3.63, 3.8) is 0 Å². The Balaban J connectivity index is 2.06. The summed E-state index contributed by atoms with van der Waals surface area (Å²) in [7, 11) is 0. The minimum absolute atomic E-state index is 0.259. The molecule has 0 bridgehead atoms. The van der Waals surface area contributed by atoms with Gasteiger partial charge in [0.05, 0.1) is 6.61 Å². The highest BCUT2D eigenvalue weighted by Crippen LogP contribution is 2.16. The Bertz CT molecular complexity index is 744. The zero-order valence-electron chi connectivity index (χ0n) is 13.9. The van der Waals surface area contributed by atoms with Crippen molar-refractivity contribution >= 4 is 29.6 Å². The van der Waals surface area contributed by atoms with Crippen LogP contribution in [0.2, 0.25) is 5.02 Å². The summed E-state index contributed by atoms with van der Waals surface area (Å²) in [5.74, 6) is -0.834. The van der Waals surface area contributed by atoms with Gasteiger partial charge in [-0.15, -0.1) is 0 Å². The van der Waals surface area contributed by atoms with E-state index in [0.717, 1.165) is 11.1 Å². The van der Waals surface area contributed by atoms with Crippen molar-refractivity contribution in [3.8, 4) is 0 Å². The topological polar surface area (TPSA) is 55.4 Å². The molecule has 0 heterocycles. The average Bonchev–Trinajstić information content (AvgIpc) is 2.61. The molecule has 25 heavy (non-hydrogen) atoms. The maximum absolute atomic E-state index is 12.2. The highest BCUT2D eigenvalue weighted by Gasteiger charge is 2.21. The van der Waals surface area contributed by atoms with Crippen LogP contribution in [0.3, 0.4) is 0 Å². The fraction of sp³-hybridized carbons (Fsp3) is 0.200. The summed E-state index contributed by atoms with van der Waals surface area (Å²) in [5, 5.41) is 3.25. The largest absolute Gasteiger partial charge is 0.464 e. The van der Waals surface area contributed by atoms with E-state index in [1.165, 1.54) is 6.08 Å². The van der Waals surface area contributed by atoms with Crippen LogP contribution in [0.15, 0.2) is 60.7 Å². The highest BCUT2D eigenvalue weighted by atomic mass is 35.5. The van der Waals surface area contributed by atoms with Crippen molar-refractivity contribution in [2.75, 3.05) is 6.61 Å². The number of ether oxygens (including phenoxy) is 1. The first-order chi connectivity index (χ1) is 12.1. The predicted octanol–water partition coefficient (Wildman–Crippen LogP) is 3.64. The molecule has 0 spiro atoms. The molecule has 2 rings (SSSR count). The van der Waals surface area contributed by atoms with Crippen LogP contribution in [-0.2, 0) is 20.7 Å². The van der Waals surface area contributed by atoms with Crippen molar-refractivity contribution in [1.82, 2.24) is 5.32 Å². The lowest BCUT2D eigenvalue weighted by Gasteiger charge is -2.16. The first-order valence-corrected chi connectivity index (χ1v) is 8.41. The lowest BCUT2D eigenvalue weighted by molar-refractivity contribution is -0.146. The fourth-order valence-corrected chi connectivity index (χ4v) is 2.48. The van der Waals surface area contributed by atoms with Crippen molar-refractivity contribution in [1.29, 1.82) is 0 Å². The second kappa shape index (κ2) is 9.64. The third kappa shape index (κ3) is 6.08. The number of hydrogen-bond donors (Lipinski definition) is 1. The third-order valence-corrected chi connectivity index (χ3v) is 3.83. The van der Waals surface area contributed by atoms with Gasteiger partial charge >= 0.3 is 5.97 Å². The molecule has 0 aliphatic heterocycles. The van der Waals surface area contributed by atoms with Crippen LogP contribution in [0.4, 0.5) is 0 Å². The van der Waals surface area contributed by atoms with E-state index in [1.807, 2.05) is 42.5 Å². The van der Waals surface area contributed by atoms with Crippen molar-refractivity contribution in [2.24, 2.45) is 0 Å². The van der Waals surface area contributed by atoms with Crippen LogP contribution in [0, 0.1) is 0 Å². The molecule has 2 aromatic carbocycles. The number of esters is 1. The molecule has 1 unspecified atom stereocenters. The van der Waals surface area contributed by atoms with Gasteiger partial charge in [0.1, 0.15) is 6.04 Å². The Hall–Kier alpha value is -2.59. The van der Waals surface area contributed by atoms with E-state index in [0.29, 0.717) is 11.4 Å². The van der Waals surface area contributed by atoms with Gasteiger partial charge in [-0.1, -0.05) is 60.1 Å². The number of benzene rings is 2. The van der Waals surface area contributed by atoms with Gasteiger partial charge in [-0.25, -0.2) is 4.79 Å². The molecule has 0 aromatic heterocycles. The number of carbonyl (C=O) groups is 2. The maximum atomic E-state index is 12.2. The van der Waals surface area contributed by atoms with Gasteiger partial charge in [0, 0.05) is 17.5 Å². The molecule has 0 aliphatic carbocycles. The second-order valence-corrected chi connectivity index (χ2v) is 5.76. The zero-order valence-corrected chi connectivity index (χ0v) is 14.7. The van der Waals surface area contributed by atoms with Gasteiger partial charge in [-0.2, -0.15) is 0 Å². The summed E-state index contributed by atoms with van der Waals surface area (Å²) >= 11 is 6.06. The second-order valence-electron chi connectivity index (χ2n) is 5.36. The van der Waals surface area contributed by atoms with Gasteiger partial charge < -0.3 is 10.1 Å².